The van der Waals surface area contributed by atoms with E-state index in [1.807, 2.05) is 0 Å². The van der Waals surface area contributed by atoms with Crippen molar-refractivity contribution >= 4 is 9.84 Å². The molecule has 0 radical (unpaired) electrons. The summed E-state index contributed by atoms with van der Waals surface area (Å²) in [6, 6.07) is 5.28. The van der Waals surface area contributed by atoms with E-state index in [-0.39, 0.29) is 17.5 Å². The van der Waals surface area contributed by atoms with Crippen LogP contribution in [0.1, 0.15) is 18.1 Å². The fourth-order valence-corrected chi connectivity index (χ4v) is 4.33. The summed E-state index contributed by atoms with van der Waals surface area (Å²) in [5.41, 5.74) is 0.729. The topological polar surface area (TPSA) is 84.9 Å². The van der Waals surface area contributed by atoms with E-state index in [4.69, 9.17) is 9.47 Å². The molecule has 21 heavy (non-hydrogen) atoms. The molecule has 2 heterocycles. The first-order chi connectivity index (χ1) is 10.0. The second-order valence-electron chi connectivity index (χ2n) is 5.43. The van der Waals surface area contributed by atoms with Gasteiger partial charge >= 0.3 is 0 Å². The number of aliphatic hydroxyl groups excluding tert-OH is 1. The van der Waals surface area contributed by atoms with Crippen LogP contribution in [0.25, 0.3) is 0 Å². The van der Waals surface area contributed by atoms with Gasteiger partial charge < -0.3 is 19.9 Å². The highest BCUT2D eigenvalue weighted by atomic mass is 32.2. The molecule has 2 aliphatic rings. The van der Waals surface area contributed by atoms with Crippen molar-refractivity contribution in [2.75, 3.05) is 31.3 Å². The molecule has 0 saturated carbocycles. The van der Waals surface area contributed by atoms with Crippen LogP contribution >= 0.6 is 0 Å². The third-order valence-corrected chi connectivity index (χ3v) is 5.55. The standard InChI is InChI=1S/C14H19NO5S/c16-12(8-15-11-3-6-21(17,18)9-11)10-1-2-13-14(7-10)20-5-4-19-13/h1-2,7,11-12,15-16H,3-6,8-9H2. The third kappa shape index (κ3) is 3.48. The maximum absolute atomic E-state index is 11.4. The van der Waals surface area contributed by atoms with Gasteiger partial charge in [0, 0.05) is 12.6 Å². The van der Waals surface area contributed by atoms with Crippen molar-refractivity contribution < 1.29 is 23.0 Å². The van der Waals surface area contributed by atoms with E-state index in [1.165, 1.54) is 0 Å². The Morgan fingerprint density at radius 3 is 2.76 bits per heavy atom. The zero-order valence-electron chi connectivity index (χ0n) is 11.6. The zero-order chi connectivity index (χ0) is 14.9. The van der Waals surface area contributed by atoms with Crippen LogP contribution in [0.3, 0.4) is 0 Å². The fraction of sp³-hybridized carbons (Fsp3) is 0.571. The molecule has 2 atom stereocenters. The summed E-state index contributed by atoms with van der Waals surface area (Å²) in [6.07, 6.45) is -0.0972. The quantitative estimate of drug-likeness (QED) is 0.830. The molecular formula is C14H19NO5S. The van der Waals surface area contributed by atoms with Gasteiger partial charge in [-0.05, 0) is 24.1 Å². The Bertz CT molecular complexity index is 616. The van der Waals surface area contributed by atoms with E-state index in [2.05, 4.69) is 5.32 Å². The van der Waals surface area contributed by atoms with Crippen LogP contribution in [0.4, 0.5) is 0 Å². The number of fused-ring (bicyclic) bond motifs is 1. The highest BCUT2D eigenvalue weighted by molar-refractivity contribution is 7.91. The molecular weight excluding hydrogens is 294 g/mol. The van der Waals surface area contributed by atoms with Crippen molar-refractivity contribution in [3.05, 3.63) is 23.8 Å². The summed E-state index contributed by atoms with van der Waals surface area (Å²) in [4.78, 5) is 0. The maximum atomic E-state index is 11.4. The van der Waals surface area contributed by atoms with E-state index < -0.39 is 15.9 Å². The minimum absolute atomic E-state index is 0.0677. The summed E-state index contributed by atoms with van der Waals surface area (Å²) in [5, 5.41) is 13.3. The Labute approximate surface area is 124 Å². The predicted molar refractivity (Wildman–Crippen MR) is 77.5 cm³/mol. The molecule has 0 aromatic heterocycles. The fourth-order valence-electron chi connectivity index (χ4n) is 2.62. The average molecular weight is 313 g/mol. The van der Waals surface area contributed by atoms with E-state index in [9.17, 15) is 13.5 Å². The Kier molecular flexibility index (Phi) is 4.05. The number of hydrogen-bond acceptors (Lipinski definition) is 6. The first-order valence-electron chi connectivity index (χ1n) is 7.05. The van der Waals surface area contributed by atoms with Crippen LogP contribution in [-0.4, -0.2) is 50.8 Å². The van der Waals surface area contributed by atoms with Crippen LogP contribution in [-0.2, 0) is 9.84 Å². The van der Waals surface area contributed by atoms with E-state index in [0.29, 0.717) is 37.7 Å². The second kappa shape index (κ2) is 5.82. The number of hydrogen-bond donors (Lipinski definition) is 2. The van der Waals surface area contributed by atoms with Gasteiger partial charge in [-0.1, -0.05) is 6.07 Å². The second-order valence-corrected chi connectivity index (χ2v) is 7.66. The molecule has 6 nitrogen and oxygen atoms in total. The van der Waals surface area contributed by atoms with Crippen molar-refractivity contribution in [1.29, 1.82) is 0 Å². The molecule has 1 saturated heterocycles. The number of nitrogens with one attached hydrogen (secondary N) is 1. The van der Waals surface area contributed by atoms with Crippen LogP contribution < -0.4 is 14.8 Å². The Morgan fingerprint density at radius 1 is 1.29 bits per heavy atom. The SMILES string of the molecule is O=S1(=O)CCC(NCC(O)c2ccc3c(c2)OCCO3)C1. The van der Waals surface area contributed by atoms with Crippen molar-refractivity contribution in [1.82, 2.24) is 5.32 Å². The van der Waals surface area contributed by atoms with Gasteiger partial charge in [-0.25, -0.2) is 8.42 Å². The van der Waals surface area contributed by atoms with Gasteiger partial charge in [-0.2, -0.15) is 0 Å². The number of benzene rings is 1. The molecule has 2 aliphatic heterocycles. The molecule has 1 aromatic carbocycles. The van der Waals surface area contributed by atoms with Gasteiger partial charge in [0.25, 0.3) is 0 Å². The van der Waals surface area contributed by atoms with Crippen LogP contribution in [0.15, 0.2) is 18.2 Å². The van der Waals surface area contributed by atoms with Gasteiger partial charge in [0.05, 0.1) is 17.6 Å². The highest BCUT2D eigenvalue weighted by Gasteiger charge is 2.28. The first kappa shape index (κ1) is 14.6. The summed E-state index contributed by atoms with van der Waals surface area (Å²) < 4.78 is 33.7. The van der Waals surface area contributed by atoms with Crippen molar-refractivity contribution in [3.8, 4) is 11.5 Å². The van der Waals surface area contributed by atoms with E-state index >= 15 is 0 Å². The van der Waals surface area contributed by atoms with Crippen molar-refractivity contribution in [2.45, 2.75) is 18.6 Å². The normalized spacial score (nSPS) is 24.7. The summed E-state index contributed by atoms with van der Waals surface area (Å²) >= 11 is 0. The molecule has 7 heteroatoms. The van der Waals surface area contributed by atoms with Crippen molar-refractivity contribution in [2.24, 2.45) is 0 Å². The lowest BCUT2D eigenvalue weighted by atomic mass is 10.1. The smallest absolute Gasteiger partial charge is 0.161 e. The summed E-state index contributed by atoms with van der Waals surface area (Å²) in [6.45, 7) is 1.36. The van der Waals surface area contributed by atoms with Gasteiger partial charge in [0.15, 0.2) is 21.3 Å². The maximum Gasteiger partial charge on any atom is 0.161 e. The number of aliphatic hydroxyl groups is 1. The Hall–Kier alpha value is -1.31. The Balaban J connectivity index is 1.59. The van der Waals surface area contributed by atoms with Gasteiger partial charge in [-0.15, -0.1) is 0 Å². The van der Waals surface area contributed by atoms with Crippen LogP contribution in [0.5, 0.6) is 11.5 Å². The largest absolute Gasteiger partial charge is 0.486 e. The first-order valence-corrected chi connectivity index (χ1v) is 8.87. The average Bonchev–Trinajstić information content (AvgIpc) is 2.83. The highest BCUT2D eigenvalue weighted by Crippen LogP contribution is 2.32. The van der Waals surface area contributed by atoms with E-state index in [0.717, 1.165) is 5.56 Å². The van der Waals surface area contributed by atoms with Crippen molar-refractivity contribution in [3.63, 3.8) is 0 Å². The lowest BCUT2D eigenvalue weighted by Crippen LogP contribution is -2.33. The molecule has 0 aliphatic carbocycles. The minimum Gasteiger partial charge on any atom is -0.486 e. The molecule has 2 unspecified atom stereocenters. The molecule has 0 spiro atoms. The number of rotatable bonds is 4. The molecule has 116 valence electrons. The van der Waals surface area contributed by atoms with Gasteiger partial charge in [0.1, 0.15) is 13.2 Å². The molecule has 1 fully saturated rings. The number of sulfone groups is 1. The molecule has 0 bridgehead atoms. The van der Waals surface area contributed by atoms with Gasteiger partial charge in [-0.3, -0.25) is 0 Å². The lowest BCUT2D eigenvalue weighted by Gasteiger charge is -2.21. The molecule has 2 N–H and O–H groups in total. The van der Waals surface area contributed by atoms with Crippen LogP contribution in [0, 0.1) is 0 Å². The molecule has 0 amide bonds. The number of ether oxygens (including phenoxy) is 2. The third-order valence-electron chi connectivity index (χ3n) is 3.78. The monoisotopic (exact) mass is 313 g/mol. The summed E-state index contributed by atoms with van der Waals surface area (Å²) in [7, 11) is -2.90. The predicted octanol–water partition coefficient (Wildman–Crippen LogP) is 0.268. The summed E-state index contributed by atoms with van der Waals surface area (Å²) in [5.74, 6) is 1.71. The zero-order valence-corrected chi connectivity index (χ0v) is 12.4. The molecule has 3 rings (SSSR count). The molecule has 1 aromatic rings. The minimum atomic E-state index is -2.90. The lowest BCUT2D eigenvalue weighted by molar-refractivity contribution is 0.161. The van der Waals surface area contributed by atoms with Crippen LogP contribution in [0.2, 0.25) is 0 Å². The van der Waals surface area contributed by atoms with E-state index in [1.54, 1.807) is 18.2 Å². The Morgan fingerprint density at radius 2 is 2.05 bits per heavy atom. The van der Waals surface area contributed by atoms with Gasteiger partial charge in [0.2, 0.25) is 0 Å².